The fraction of sp³-hybridized carbons (Fsp3) is 0.450. The van der Waals surface area contributed by atoms with Gasteiger partial charge in [0.2, 0.25) is 5.91 Å². The maximum absolute atomic E-state index is 12.6. The second-order valence-electron chi connectivity index (χ2n) is 7.45. The number of fused-ring (bicyclic) bond motifs is 1. The predicted molar refractivity (Wildman–Crippen MR) is 97.2 cm³/mol. The lowest BCUT2D eigenvalue weighted by Gasteiger charge is -2.46. The number of aromatic amines is 1. The Balaban J connectivity index is 1.50. The highest BCUT2D eigenvalue weighted by Crippen LogP contribution is 2.48. The summed E-state index contributed by atoms with van der Waals surface area (Å²) in [6, 6.07) is 10.4. The Hall–Kier alpha value is -2.63. The van der Waals surface area contributed by atoms with Crippen molar-refractivity contribution in [1.82, 2.24) is 20.4 Å². The van der Waals surface area contributed by atoms with E-state index in [4.69, 9.17) is 0 Å². The number of hydrogen-bond acceptors (Lipinski definition) is 3. The fourth-order valence-corrected chi connectivity index (χ4v) is 4.58. The van der Waals surface area contributed by atoms with E-state index in [1.54, 1.807) is 6.20 Å². The van der Waals surface area contributed by atoms with E-state index in [0.717, 1.165) is 31.2 Å². The zero-order chi connectivity index (χ0) is 18.0. The minimum Gasteiger partial charge on any atom is -0.351 e. The summed E-state index contributed by atoms with van der Waals surface area (Å²) in [6.07, 6.45) is 7.72. The van der Waals surface area contributed by atoms with Gasteiger partial charge in [-0.3, -0.25) is 14.7 Å². The van der Waals surface area contributed by atoms with Gasteiger partial charge in [0, 0.05) is 37.2 Å². The zero-order valence-corrected chi connectivity index (χ0v) is 14.8. The van der Waals surface area contributed by atoms with Crippen LogP contribution in [-0.4, -0.2) is 39.5 Å². The van der Waals surface area contributed by atoms with Gasteiger partial charge >= 0.3 is 0 Å². The molecular weight excluding hydrogens is 328 g/mol. The van der Waals surface area contributed by atoms with Crippen LogP contribution in [0.5, 0.6) is 0 Å². The molecule has 26 heavy (non-hydrogen) atoms. The number of H-pyrrole nitrogens is 1. The first kappa shape index (κ1) is 16.8. The molecule has 1 saturated carbocycles. The van der Waals surface area contributed by atoms with E-state index < -0.39 is 0 Å². The standard InChI is InChI=1S/C20H24N4O2/c25-18-8-10-20(14-21-19(26)16-11-22-23-12-16)9-4-7-17(20)24(18)13-15-5-2-1-3-6-15/h1-3,5-6,11-12,17H,4,7-10,13-14H2,(H,21,26)(H,22,23)/t17-,20+/m1/s1. The van der Waals surface area contributed by atoms with Crippen molar-refractivity contribution in [3.63, 3.8) is 0 Å². The third kappa shape index (κ3) is 3.11. The van der Waals surface area contributed by atoms with E-state index in [-0.39, 0.29) is 23.3 Å². The molecule has 6 heteroatoms. The van der Waals surface area contributed by atoms with Crippen molar-refractivity contribution < 1.29 is 9.59 Å². The summed E-state index contributed by atoms with van der Waals surface area (Å²) >= 11 is 0. The summed E-state index contributed by atoms with van der Waals surface area (Å²) in [7, 11) is 0. The number of likely N-dealkylation sites (tertiary alicyclic amines) is 1. The van der Waals surface area contributed by atoms with Gasteiger partial charge in [-0.25, -0.2) is 0 Å². The molecule has 2 heterocycles. The van der Waals surface area contributed by atoms with Crippen molar-refractivity contribution in [3.8, 4) is 0 Å². The highest BCUT2D eigenvalue weighted by Gasteiger charge is 2.50. The SMILES string of the molecule is O=C(NC[C@@]12CCC[C@H]1N(Cc1ccccc1)C(=O)CC2)c1cn[nH]c1. The second-order valence-corrected chi connectivity index (χ2v) is 7.45. The van der Waals surface area contributed by atoms with Crippen molar-refractivity contribution in [2.45, 2.75) is 44.7 Å². The Labute approximate surface area is 153 Å². The Morgan fingerprint density at radius 1 is 1.31 bits per heavy atom. The Bertz CT molecular complexity index is 774. The minimum atomic E-state index is -0.106. The van der Waals surface area contributed by atoms with Crippen LogP contribution in [0.4, 0.5) is 0 Å². The van der Waals surface area contributed by atoms with E-state index in [1.807, 2.05) is 18.2 Å². The maximum Gasteiger partial charge on any atom is 0.254 e. The smallest absolute Gasteiger partial charge is 0.254 e. The molecule has 1 saturated heterocycles. The zero-order valence-electron chi connectivity index (χ0n) is 14.8. The molecule has 4 rings (SSSR count). The van der Waals surface area contributed by atoms with E-state index in [1.165, 1.54) is 6.20 Å². The molecule has 2 amide bonds. The highest BCUT2D eigenvalue weighted by molar-refractivity contribution is 5.93. The molecule has 136 valence electrons. The van der Waals surface area contributed by atoms with E-state index in [0.29, 0.717) is 25.1 Å². The lowest BCUT2D eigenvalue weighted by Crippen LogP contribution is -2.55. The van der Waals surface area contributed by atoms with Crippen LogP contribution in [0.15, 0.2) is 42.7 Å². The van der Waals surface area contributed by atoms with Crippen molar-refractivity contribution in [1.29, 1.82) is 0 Å². The van der Waals surface area contributed by atoms with Crippen LogP contribution in [0.3, 0.4) is 0 Å². The van der Waals surface area contributed by atoms with Crippen LogP contribution in [0.25, 0.3) is 0 Å². The molecule has 0 unspecified atom stereocenters. The van der Waals surface area contributed by atoms with Crippen molar-refractivity contribution in [2.24, 2.45) is 5.41 Å². The van der Waals surface area contributed by atoms with E-state index in [9.17, 15) is 9.59 Å². The van der Waals surface area contributed by atoms with Crippen LogP contribution in [0.1, 0.15) is 48.0 Å². The largest absolute Gasteiger partial charge is 0.351 e. The third-order valence-electron chi connectivity index (χ3n) is 5.95. The molecule has 0 bridgehead atoms. The van der Waals surface area contributed by atoms with E-state index >= 15 is 0 Å². The molecule has 0 radical (unpaired) electrons. The Morgan fingerprint density at radius 3 is 2.92 bits per heavy atom. The number of piperidine rings is 1. The number of benzene rings is 1. The van der Waals surface area contributed by atoms with Crippen molar-refractivity contribution in [3.05, 3.63) is 53.9 Å². The van der Waals surface area contributed by atoms with Gasteiger partial charge in [-0.05, 0) is 24.8 Å². The molecule has 2 fully saturated rings. The topological polar surface area (TPSA) is 78.1 Å². The minimum absolute atomic E-state index is 0.0118. The number of aromatic nitrogens is 2. The normalized spacial score (nSPS) is 25.2. The van der Waals surface area contributed by atoms with Gasteiger partial charge in [0.15, 0.2) is 0 Å². The van der Waals surface area contributed by atoms with Crippen LogP contribution in [0, 0.1) is 5.41 Å². The van der Waals surface area contributed by atoms with Gasteiger partial charge in [0.05, 0.1) is 11.8 Å². The molecule has 1 aromatic heterocycles. The van der Waals surface area contributed by atoms with Crippen LogP contribution in [0.2, 0.25) is 0 Å². The number of amides is 2. The number of nitrogens with one attached hydrogen (secondary N) is 2. The molecular formula is C20H24N4O2. The monoisotopic (exact) mass is 352 g/mol. The molecule has 6 nitrogen and oxygen atoms in total. The number of nitrogens with zero attached hydrogens (tertiary/aromatic N) is 2. The Morgan fingerprint density at radius 2 is 2.15 bits per heavy atom. The van der Waals surface area contributed by atoms with Gasteiger partial charge in [-0.2, -0.15) is 5.10 Å². The van der Waals surface area contributed by atoms with Crippen LogP contribution in [-0.2, 0) is 11.3 Å². The number of rotatable bonds is 5. The van der Waals surface area contributed by atoms with Crippen LogP contribution < -0.4 is 5.32 Å². The summed E-state index contributed by atoms with van der Waals surface area (Å²) in [5, 5.41) is 9.58. The van der Waals surface area contributed by atoms with Gasteiger partial charge in [0.1, 0.15) is 0 Å². The quantitative estimate of drug-likeness (QED) is 0.868. The molecule has 2 aliphatic rings. The average Bonchev–Trinajstić information content (AvgIpc) is 3.33. The number of carbonyl (C=O) groups is 2. The molecule has 1 aliphatic carbocycles. The first-order valence-corrected chi connectivity index (χ1v) is 9.28. The van der Waals surface area contributed by atoms with Gasteiger partial charge in [-0.1, -0.05) is 36.8 Å². The molecule has 1 aromatic carbocycles. The maximum atomic E-state index is 12.6. The number of carbonyl (C=O) groups excluding carboxylic acids is 2. The van der Waals surface area contributed by atoms with Crippen molar-refractivity contribution in [2.75, 3.05) is 6.54 Å². The second kappa shape index (κ2) is 6.94. The van der Waals surface area contributed by atoms with Crippen LogP contribution >= 0.6 is 0 Å². The fourth-order valence-electron chi connectivity index (χ4n) is 4.58. The third-order valence-corrected chi connectivity index (χ3v) is 5.95. The number of hydrogen-bond donors (Lipinski definition) is 2. The molecule has 2 N–H and O–H groups in total. The lowest BCUT2D eigenvalue weighted by molar-refractivity contribution is -0.142. The first-order valence-electron chi connectivity index (χ1n) is 9.28. The molecule has 2 atom stereocenters. The lowest BCUT2D eigenvalue weighted by atomic mass is 9.74. The summed E-state index contributed by atoms with van der Waals surface area (Å²) in [6.45, 7) is 1.27. The van der Waals surface area contributed by atoms with Gasteiger partial charge < -0.3 is 10.2 Å². The summed E-state index contributed by atoms with van der Waals surface area (Å²) < 4.78 is 0. The summed E-state index contributed by atoms with van der Waals surface area (Å²) in [4.78, 5) is 27.0. The van der Waals surface area contributed by atoms with Gasteiger partial charge in [0.25, 0.3) is 5.91 Å². The molecule has 2 aromatic rings. The predicted octanol–water partition coefficient (Wildman–Crippen LogP) is 2.50. The Kier molecular flexibility index (Phi) is 4.49. The van der Waals surface area contributed by atoms with Gasteiger partial charge in [-0.15, -0.1) is 0 Å². The van der Waals surface area contributed by atoms with Crippen molar-refractivity contribution >= 4 is 11.8 Å². The molecule has 0 spiro atoms. The average molecular weight is 352 g/mol. The highest BCUT2D eigenvalue weighted by atomic mass is 16.2. The first-order chi connectivity index (χ1) is 12.7. The summed E-state index contributed by atoms with van der Waals surface area (Å²) in [5.41, 5.74) is 1.69. The molecule has 1 aliphatic heterocycles. The summed E-state index contributed by atoms with van der Waals surface area (Å²) in [5.74, 6) is 0.128. The van der Waals surface area contributed by atoms with E-state index in [2.05, 4.69) is 32.5 Å².